The second-order valence-corrected chi connectivity index (χ2v) is 6.35. The zero-order valence-corrected chi connectivity index (χ0v) is 15.9. The molecule has 3 rings (SSSR count). The van der Waals surface area contributed by atoms with Crippen LogP contribution in [0, 0.1) is 13.8 Å². The van der Waals surface area contributed by atoms with Crippen LogP contribution >= 0.6 is 0 Å². The van der Waals surface area contributed by atoms with Crippen molar-refractivity contribution in [2.75, 3.05) is 14.2 Å². The van der Waals surface area contributed by atoms with Gasteiger partial charge in [0.05, 0.1) is 36.6 Å². The largest absolute Gasteiger partial charge is 0.497 e. The average molecular weight is 366 g/mol. The third kappa shape index (κ3) is 3.56. The van der Waals surface area contributed by atoms with E-state index in [0.29, 0.717) is 40.7 Å². The smallest absolute Gasteiger partial charge is 0.340 e. The first-order valence-corrected chi connectivity index (χ1v) is 8.68. The van der Waals surface area contributed by atoms with Crippen molar-refractivity contribution in [3.63, 3.8) is 0 Å². The van der Waals surface area contributed by atoms with Crippen LogP contribution in [-0.4, -0.2) is 29.7 Å². The molecule has 6 heteroatoms. The van der Waals surface area contributed by atoms with Crippen molar-refractivity contribution in [2.24, 2.45) is 0 Å². The van der Waals surface area contributed by atoms with E-state index in [4.69, 9.17) is 9.47 Å². The van der Waals surface area contributed by atoms with Gasteiger partial charge >= 0.3 is 5.97 Å². The monoisotopic (exact) mass is 366 g/mol. The quantitative estimate of drug-likeness (QED) is 0.649. The number of benzene rings is 1. The number of fused-ring (bicyclic) bond motifs is 1. The number of hydrogen-bond acceptors (Lipinski definition) is 5. The number of methoxy groups -OCH3 is 2. The molecule has 2 heterocycles. The van der Waals surface area contributed by atoms with Gasteiger partial charge in [-0.1, -0.05) is 12.1 Å². The van der Waals surface area contributed by atoms with Gasteiger partial charge in [-0.2, -0.15) is 0 Å². The topological polar surface area (TPSA) is 70.4 Å². The van der Waals surface area contributed by atoms with Gasteiger partial charge in [-0.25, -0.2) is 4.79 Å². The molecule has 0 fully saturated rings. The minimum absolute atomic E-state index is 0.156. The van der Waals surface area contributed by atoms with Crippen molar-refractivity contribution in [1.29, 1.82) is 0 Å². The summed E-state index contributed by atoms with van der Waals surface area (Å²) >= 11 is 0. The molecule has 0 N–H and O–H groups in total. The van der Waals surface area contributed by atoms with E-state index in [-0.39, 0.29) is 5.56 Å². The highest BCUT2D eigenvalue weighted by atomic mass is 16.5. The number of aromatic nitrogens is 2. The number of hydrogen-bond donors (Lipinski definition) is 0. The van der Waals surface area contributed by atoms with Crippen LogP contribution in [0.2, 0.25) is 0 Å². The lowest BCUT2D eigenvalue weighted by Crippen LogP contribution is -2.23. The highest BCUT2D eigenvalue weighted by Gasteiger charge is 2.19. The van der Waals surface area contributed by atoms with Gasteiger partial charge < -0.3 is 14.0 Å². The van der Waals surface area contributed by atoms with Gasteiger partial charge in [0.25, 0.3) is 5.56 Å². The Bertz CT molecular complexity index is 1050. The molecule has 3 aromatic rings. The summed E-state index contributed by atoms with van der Waals surface area (Å²) in [6.45, 7) is 4.06. The fraction of sp³-hybridized carbons (Fsp3) is 0.286. The zero-order chi connectivity index (χ0) is 19.6. The lowest BCUT2D eigenvalue weighted by atomic mass is 10.0. The predicted molar refractivity (Wildman–Crippen MR) is 104 cm³/mol. The molecular formula is C21H22N2O4. The summed E-state index contributed by atoms with van der Waals surface area (Å²) in [6.07, 6.45) is 2.43. The SMILES string of the molecule is COC(=O)c1c(C)nc(C)c2c(=O)n(CCc3ccc(OC)cc3)ccc12. The van der Waals surface area contributed by atoms with Crippen LogP contribution in [0.5, 0.6) is 5.75 Å². The summed E-state index contributed by atoms with van der Waals surface area (Å²) in [5.41, 5.74) is 2.46. The maximum Gasteiger partial charge on any atom is 0.340 e. The van der Waals surface area contributed by atoms with Gasteiger partial charge in [0.2, 0.25) is 0 Å². The summed E-state index contributed by atoms with van der Waals surface area (Å²) in [4.78, 5) is 29.5. The third-order valence-electron chi connectivity index (χ3n) is 4.68. The Morgan fingerprint density at radius 3 is 2.41 bits per heavy atom. The molecule has 2 aromatic heterocycles. The van der Waals surface area contributed by atoms with Crippen molar-refractivity contribution in [3.05, 3.63) is 69.4 Å². The molecule has 0 unspecified atom stereocenters. The molecule has 0 aliphatic heterocycles. The van der Waals surface area contributed by atoms with E-state index in [2.05, 4.69) is 4.98 Å². The van der Waals surface area contributed by atoms with Crippen LogP contribution in [0.25, 0.3) is 10.8 Å². The number of carbonyl (C=O) groups is 1. The Hall–Kier alpha value is -3.15. The van der Waals surface area contributed by atoms with Gasteiger partial charge in [-0.15, -0.1) is 0 Å². The standard InChI is InChI=1S/C21H22N2O4/c1-13-18-17(19(14(2)22-13)21(25)27-4)10-12-23(20(18)24)11-9-15-5-7-16(26-3)8-6-15/h5-8,10,12H,9,11H2,1-4H3. The third-order valence-corrected chi connectivity index (χ3v) is 4.68. The van der Waals surface area contributed by atoms with E-state index in [1.807, 2.05) is 24.3 Å². The Morgan fingerprint density at radius 1 is 1.07 bits per heavy atom. The molecule has 1 aromatic carbocycles. The molecule has 6 nitrogen and oxygen atoms in total. The first-order valence-electron chi connectivity index (χ1n) is 8.68. The Balaban J connectivity index is 1.99. The second-order valence-electron chi connectivity index (χ2n) is 6.35. The maximum atomic E-state index is 13.0. The van der Waals surface area contributed by atoms with Gasteiger partial charge in [0, 0.05) is 18.1 Å². The van der Waals surface area contributed by atoms with Crippen molar-refractivity contribution < 1.29 is 14.3 Å². The summed E-state index contributed by atoms with van der Waals surface area (Å²) < 4.78 is 11.7. The molecule has 0 saturated heterocycles. The Morgan fingerprint density at radius 2 is 1.78 bits per heavy atom. The molecule has 0 saturated carbocycles. The summed E-state index contributed by atoms with van der Waals surface area (Å²) in [7, 11) is 2.95. The van der Waals surface area contributed by atoms with Crippen molar-refractivity contribution in [3.8, 4) is 5.75 Å². The number of esters is 1. The first-order chi connectivity index (χ1) is 13.0. The summed E-state index contributed by atoms with van der Waals surface area (Å²) in [6, 6.07) is 9.56. The highest BCUT2D eigenvalue weighted by molar-refractivity contribution is 6.05. The molecule has 0 aliphatic carbocycles. The number of carbonyl (C=O) groups excluding carboxylic acids is 1. The minimum atomic E-state index is -0.486. The van der Waals surface area contributed by atoms with Crippen LogP contribution < -0.4 is 10.3 Å². The van der Waals surface area contributed by atoms with Crippen LogP contribution in [0.3, 0.4) is 0 Å². The van der Waals surface area contributed by atoms with Gasteiger partial charge in [-0.05, 0) is 44.0 Å². The fourth-order valence-corrected chi connectivity index (χ4v) is 3.27. The van der Waals surface area contributed by atoms with E-state index in [1.165, 1.54) is 7.11 Å². The van der Waals surface area contributed by atoms with Crippen LogP contribution in [0.4, 0.5) is 0 Å². The molecule has 0 aliphatic rings. The number of rotatable bonds is 5. The molecule has 0 amide bonds. The second kappa shape index (κ2) is 7.61. The number of pyridine rings is 2. The molecule has 27 heavy (non-hydrogen) atoms. The van der Waals surface area contributed by atoms with E-state index in [1.54, 1.807) is 37.8 Å². The van der Waals surface area contributed by atoms with Crippen molar-refractivity contribution >= 4 is 16.7 Å². The number of aryl methyl sites for hydroxylation is 4. The highest BCUT2D eigenvalue weighted by Crippen LogP contribution is 2.22. The van der Waals surface area contributed by atoms with Crippen LogP contribution in [-0.2, 0) is 17.7 Å². The van der Waals surface area contributed by atoms with Crippen molar-refractivity contribution in [2.45, 2.75) is 26.8 Å². The molecule has 140 valence electrons. The average Bonchev–Trinajstić information content (AvgIpc) is 2.67. The van der Waals surface area contributed by atoms with Crippen LogP contribution in [0.1, 0.15) is 27.3 Å². The van der Waals surface area contributed by atoms with Gasteiger partial charge in [0.1, 0.15) is 5.75 Å². The van der Waals surface area contributed by atoms with E-state index in [9.17, 15) is 9.59 Å². The number of nitrogens with zero attached hydrogens (tertiary/aromatic N) is 2. The Kier molecular flexibility index (Phi) is 5.26. The van der Waals surface area contributed by atoms with E-state index >= 15 is 0 Å². The van der Waals surface area contributed by atoms with Crippen molar-refractivity contribution in [1.82, 2.24) is 9.55 Å². The van der Waals surface area contributed by atoms with Gasteiger partial charge in [0.15, 0.2) is 0 Å². The molecule has 0 spiro atoms. The lowest BCUT2D eigenvalue weighted by molar-refractivity contribution is 0.0601. The molecular weight excluding hydrogens is 344 g/mol. The number of ether oxygens (including phenoxy) is 2. The molecule has 0 radical (unpaired) electrons. The minimum Gasteiger partial charge on any atom is -0.497 e. The summed E-state index contributed by atoms with van der Waals surface area (Å²) in [5, 5.41) is 1.04. The fourth-order valence-electron chi connectivity index (χ4n) is 3.27. The maximum absolute atomic E-state index is 13.0. The van der Waals surface area contributed by atoms with E-state index in [0.717, 1.165) is 11.3 Å². The first kappa shape index (κ1) is 18.6. The van der Waals surface area contributed by atoms with Crippen LogP contribution in [0.15, 0.2) is 41.3 Å². The van der Waals surface area contributed by atoms with Gasteiger partial charge in [-0.3, -0.25) is 9.78 Å². The zero-order valence-electron chi connectivity index (χ0n) is 15.9. The molecule has 0 atom stereocenters. The Labute approximate surface area is 157 Å². The predicted octanol–water partition coefficient (Wildman–Crippen LogP) is 3.05. The van der Waals surface area contributed by atoms with E-state index < -0.39 is 5.97 Å². The normalized spacial score (nSPS) is 10.8. The lowest BCUT2D eigenvalue weighted by Gasteiger charge is -2.13. The summed E-state index contributed by atoms with van der Waals surface area (Å²) in [5.74, 6) is 0.314. The molecule has 0 bridgehead atoms.